The van der Waals surface area contributed by atoms with Crippen molar-refractivity contribution < 1.29 is 0 Å². The summed E-state index contributed by atoms with van der Waals surface area (Å²) in [6.07, 6.45) is 0. The fraction of sp³-hybridized carbons (Fsp3) is 0. The zero-order chi connectivity index (χ0) is 30.5. The third-order valence-electron chi connectivity index (χ3n) is 8.85. The van der Waals surface area contributed by atoms with E-state index in [1.807, 2.05) is 30.3 Å². The average Bonchev–Trinajstić information content (AvgIpc) is 3.14. The van der Waals surface area contributed by atoms with E-state index in [1.54, 1.807) is 0 Å². The zero-order valence-electron chi connectivity index (χ0n) is 24.9. The summed E-state index contributed by atoms with van der Waals surface area (Å²) in [5.41, 5.74) is 5.25. The molecule has 0 N–H and O–H groups in total. The lowest BCUT2D eigenvalue weighted by molar-refractivity contribution is 1.08. The van der Waals surface area contributed by atoms with Gasteiger partial charge in [0.25, 0.3) is 0 Å². The highest BCUT2D eigenvalue weighted by atomic mass is 15.0. The molecular formula is C43H27N3. The fourth-order valence-corrected chi connectivity index (χ4v) is 6.43. The Morgan fingerprint density at radius 1 is 0.239 bits per heavy atom. The lowest BCUT2D eigenvalue weighted by Gasteiger charge is -2.11. The van der Waals surface area contributed by atoms with E-state index in [4.69, 9.17) is 15.0 Å². The monoisotopic (exact) mass is 585 g/mol. The highest BCUT2D eigenvalue weighted by Gasteiger charge is 2.14. The molecule has 9 aromatic rings. The van der Waals surface area contributed by atoms with Gasteiger partial charge in [0.05, 0.1) is 0 Å². The first-order chi connectivity index (χ1) is 22.7. The molecule has 214 valence electrons. The molecule has 3 nitrogen and oxygen atoms in total. The molecule has 0 fully saturated rings. The van der Waals surface area contributed by atoms with Crippen molar-refractivity contribution in [3.05, 3.63) is 164 Å². The maximum atomic E-state index is 5.09. The molecule has 1 heterocycles. The normalized spacial score (nSPS) is 11.5. The van der Waals surface area contributed by atoms with E-state index in [-0.39, 0.29) is 0 Å². The van der Waals surface area contributed by atoms with E-state index >= 15 is 0 Å². The van der Waals surface area contributed by atoms with Gasteiger partial charge in [-0.2, -0.15) is 0 Å². The molecule has 0 amide bonds. The van der Waals surface area contributed by atoms with Gasteiger partial charge in [-0.05, 0) is 78.5 Å². The minimum absolute atomic E-state index is 0.653. The van der Waals surface area contributed by atoms with Crippen LogP contribution < -0.4 is 0 Å². The molecule has 1 aromatic heterocycles. The summed E-state index contributed by atoms with van der Waals surface area (Å²) in [7, 11) is 0. The van der Waals surface area contributed by atoms with E-state index < -0.39 is 0 Å². The highest BCUT2D eigenvalue weighted by Crippen LogP contribution is 2.33. The number of aromatic nitrogens is 3. The predicted octanol–water partition coefficient (Wildman–Crippen LogP) is 11.2. The minimum Gasteiger partial charge on any atom is -0.208 e. The number of benzene rings is 8. The number of rotatable bonds is 4. The first-order valence-electron chi connectivity index (χ1n) is 15.5. The average molecular weight is 586 g/mol. The molecule has 3 heteroatoms. The molecule has 0 saturated heterocycles. The molecule has 0 spiro atoms. The van der Waals surface area contributed by atoms with Gasteiger partial charge in [0, 0.05) is 16.7 Å². The van der Waals surface area contributed by atoms with Crippen molar-refractivity contribution in [1.82, 2.24) is 15.0 Å². The number of nitrogens with zero attached hydrogens (tertiary/aromatic N) is 3. The van der Waals surface area contributed by atoms with Crippen LogP contribution in [0.4, 0.5) is 0 Å². The minimum atomic E-state index is 0.653. The van der Waals surface area contributed by atoms with E-state index in [0.29, 0.717) is 17.5 Å². The summed E-state index contributed by atoms with van der Waals surface area (Å²) in [6, 6.07) is 57.7. The molecule has 0 aliphatic rings. The number of fused-ring (bicyclic) bond motifs is 5. The Labute approximate surface area is 266 Å². The summed E-state index contributed by atoms with van der Waals surface area (Å²) < 4.78 is 0. The van der Waals surface area contributed by atoms with Crippen molar-refractivity contribution in [3.8, 4) is 45.3 Å². The van der Waals surface area contributed by atoms with E-state index in [9.17, 15) is 0 Å². The second kappa shape index (κ2) is 10.8. The topological polar surface area (TPSA) is 38.7 Å². The van der Waals surface area contributed by atoms with Crippen LogP contribution in [0.1, 0.15) is 0 Å². The molecule has 0 radical (unpaired) electrons. The van der Waals surface area contributed by atoms with Gasteiger partial charge in [-0.25, -0.2) is 15.0 Å². The predicted molar refractivity (Wildman–Crippen MR) is 192 cm³/mol. The molecule has 8 aromatic carbocycles. The van der Waals surface area contributed by atoms with Gasteiger partial charge in [-0.15, -0.1) is 0 Å². The highest BCUT2D eigenvalue weighted by molar-refractivity contribution is 6.08. The maximum absolute atomic E-state index is 5.09. The van der Waals surface area contributed by atoms with E-state index in [0.717, 1.165) is 22.1 Å². The van der Waals surface area contributed by atoms with Crippen LogP contribution in [0.5, 0.6) is 0 Å². The SMILES string of the molecule is c1ccc(-c2nc(-c3ccc4ccc(-c5ccc6ccccc6c5)cc4c3)nc(-c3ccc4ccc5ccccc5c4c3)n2)cc1. The van der Waals surface area contributed by atoms with Crippen LogP contribution in [-0.4, -0.2) is 15.0 Å². The largest absolute Gasteiger partial charge is 0.208 e. The van der Waals surface area contributed by atoms with Crippen LogP contribution in [0.2, 0.25) is 0 Å². The third kappa shape index (κ3) is 4.66. The molecule has 0 aliphatic heterocycles. The lowest BCUT2D eigenvalue weighted by Crippen LogP contribution is -2.00. The standard InChI is InChI=1S/C43H27N3/c1-2-10-32(11-3-1)41-44-42(46-43(45-41)37-23-19-31-18-17-30-9-6-7-13-39(30)40(31)27-37)36-22-16-29-15-21-35(25-38(29)26-36)34-20-14-28-8-4-5-12-33(28)24-34/h1-27H. The molecule has 0 atom stereocenters. The van der Waals surface area contributed by atoms with Gasteiger partial charge in [-0.1, -0.05) is 140 Å². The van der Waals surface area contributed by atoms with Crippen molar-refractivity contribution in [1.29, 1.82) is 0 Å². The second-order valence-electron chi connectivity index (χ2n) is 11.7. The Morgan fingerprint density at radius 2 is 0.674 bits per heavy atom. The zero-order valence-corrected chi connectivity index (χ0v) is 24.9. The van der Waals surface area contributed by atoms with Crippen LogP contribution >= 0.6 is 0 Å². The van der Waals surface area contributed by atoms with Gasteiger partial charge in [-0.3, -0.25) is 0 Å². The Hall–Kier alpha value is -6.19. The Kier molecular flexibility index (Phi) is 6.14. The maximum Gasteiger partial charge on any atom is 0.164 e. The van der Waals surface area contributed by atoms with Crippen LogP contribution in [-0.2, 0) is 0 Å². The van der Waals surface area contributed by atoms with Gasteiger partial charge >= 0.3 is 0 Å². The lowest BCUT2D eigenvalue weighted by atomic mass is 9.97. The molecule has 0 saturated carbocycles. The molecule has 0 unspecified atom stereocenters. The summed E-state index contributed by atoms with van der Waals surface area (Å²) in [5, 5.41) is 9.61. The van der Waals surface area contributed by atoms with Crippen LogP contribution in [0.15, 0.2) is 164 Å². The van der Waals surface area contributed by atoms with Crippen LogP contribution in [0, 0.1) is 0 Å². The van der Waals surface area contributed by atoms with Crippen molar-refractivity contribution in [2.75, 3.05) is 0 Å². The van der Waals surface area contributed by atoms with Crippen LogP contribution in [0.3, 0.4) is 0 Å². The van der Waals surface area contributed by atoms with Crippen molar-refractivity contribution >= 4 is 43.1 Å². The third-order valence-corrected chi connectivity index (χ3v) is 8.85. The van der Waals surface area contributed by atoms with Crippen LogP contribution in [0.25, 0.3) is 88.4 Å². The second-order valence-corrected chi connectivity index (χ2v) is 11.7. The van der Waals surface area contributed by atoms with Crippen molar-refractivity contribution in [2.24, 2.45) is 0 Å². The molecule has 0 bridgehead atoms. The Morgan fingerprint density at radius 3 is 1.39 bits per heavy atom. The summed E-state index contributed by atoms with van der Waals surface area (Å²) in [6.45, 7) is 0. The van der Waals surface area contributed by atoms with Gasteiger partial charge in [0.15, 0.2) is 17.5 Å². The number of hydrogen-bond acceptors (Lipinski definition) is 3. The summed E-state index contributed by atoms with van der Waals surface area (Å²) in [4.78, 5) is 15.1. The smallest absolute Gasteiger partial charge is 0.164 e. The number of hydrogen-bond donors (Lipinski definition) is 0. The van der Waals surface area contributed by atoms with Gasteiger partial charge < -0.3 is 0 Å². The molecule has 9 rings (SSSR count). The van der Waals surface area contributed by atoms with E-state index in [2.05, 4.69) is 133 Å². The molecule has 0 aliphatic carbocycles. The quantitative estimate of drug-likeness (QED) is 0.193. The fourth-order valence-electron chi connectivity index (χ4n) is 6.43. The Bertz CT molecular complexity index is 2590. The van der Waals surface area contributed by atoms with Crippen molar-refractivity contribution in [3.63, 3.8) is 0 Å². The first-order valence-corrected chi connectivity index (χ1v) is 15.5. The molecule has 46 heavy (non-hydrogen) atoms. The summed E-state index contributed by atoms with van der Waals surface area (Å²) >= 11 is 0. The van der Waals surface area contributed by atoms with Gasteiger partial charge in [0.2, 0.25) is 0 Å². The Balaban J connectivity index is 1.19. The first kappa shape index (κ1) is 26.2. The van der Waals surface area contributed by atoms with Crippen molar-refractivity contribution in [2.45, 2.75) is 0 Å². The van der Waals surface area contributed by atoms with Gasteiger partial charge in [0.1, 0.15) is 0 Å². The molecular weight excluding hydrogens is 558 g/mol. The van der Waals surface area contributed by atoms with E-state index in [1.165, 1.54) is 48.8 Å². The summed E-state index contributed by atoms with van der Waals surface area (Å²) in [5.74, 6) is 1.97.